The van der Waals surface area contributed by atoms with Crippen LogP contribution in [0.1, 0.15) is 32.4 Å². The van der Waals surface area contributed by atoms with Gasteiger partial charge in [0, 0.05) is 26.1 Å². The van der Waals surface area contributed by atoms with Crippen molar-refractivity contribution in [3.05, 3.63) is 18.0 Å². The Balaban J connectivity index is 2.25. The lowest BCUT2D eigenvalue weighted by atomic mass is 9.85. The van der Waals surface area contributed by atoms with E-state index in [1.165, 1.54) is 0 Å². The molecule has 0 radical (unpaired) electrons. The molecule has 2 unspecified atom stereocenters. The van der Waals surface area contributed by atoms with E-state index in [2.05, 4.69) is 5.10 Å². The van der Waals surface area contributed by atoms with Gasteiger partial charge in [-0.15, -0.1) is 0 Å². The summed E-state index contributed by atoms with van der Waals surface area (Å²) in [7, 11) is 1.86. The Labute approximate surface area is 89.9 Å². The molecular weight excluding hydrogens is 192 g/mol. The highest BCUT2D eigenvalue weighted by molar-refractivity contribution is 5.12. The summed E-state index contributed by atoms with van der Waals surface area (Å²) < 4.78 is 7.34. The van der Waals surface area contributed by atoms with Crippen LogP contribution >= 0.6 is 0 Å². The number of aliphatic hydroxyl groups is 1. The average molecular weight is 210 g/mol. The SMILES string of the molecule is CC1CC(O)(c2ccn(C)n2)CC(C)O1. The van der Waals surface area contributed by atoms with Crippen LogP contribution in [-0.4, -0.2) is 27.1 Å². The van der Waals surface area contributed by atoms with E-state index in [0.717, 1.165) is 5.69 Å². The standard InChI is InChI=1S/C11H18N2O2/c1-8-6-11(14,7-9(2)15-8)10-4-5-13(3)12-10/h4-5,8-9,14H,6-7H2,1-3H3. The van der Waals surface area contributed by atoms with Crippen molar-refractivity contribution in [3.63, 3.8) is 0 Å². The number of hydrogen-bond acceptors (Lipinski definition) is 3. The average Bonchev–Trinajstić information content (AvgIpc) is 2.49. The molecule has 1 aliphatic heterocycles. The van der Waals surface area contributed by atoms with Crippen LogP contribution in [0.5, 0.6) is 0 Å². The Morgan fingerprint density at radius 2 is 2.07 bits per heavy atom. The fourth-order valence-electron chi connectivity index (χ4n) is 2.40. The number of rotatable bonds is 1. The molecule has 15 heavy (non-hydrogen) atoms. The summed E-state index contributed by atoms with van der Waals surface area (Å²) in [6.45, 7) is 3.98. The molecule has 0 bridgehead atoms. The molecule has 0 aliphatic carbocycles. The lowest BCUT2D eigenvalue weighted by Gasteiger charge is -2.38. The van der Waals surface area contributed by atoms with E-state index < -0.39 is 5.60 Å². The molecule has 84 valence electrons. The Kier molecular flexibility index (Phi) is 2.56. The summed E-state index contributed by atoms with van der Waals surface area (Å²) in [5.41, 5.74) is -0.0646. The third kappa shape index (κ3) is 2.06. The second-order valence-corrected chi connectivity index (χ2v) is 4.57. The highest BCUT2D eigenvalue weighted by Gasteiger charge is 2.39. The first kappa shape index (κ1) is 10.6. The molecule has 2 rings (SSSR count). The highest BCUT2D eigenvalue weighted by atomic mass is 16.5. The molecule has 1 aromatic heterocycles. The van der Waals surface area contributed by atoms with Gasteiger partial charge in [-0.3, -0.25) is 4.68 Å². The van der Waals surface area contributed by atoms with E-state index in [1.807, 2.05) is 33.2 Å². The molecule has 1 N–H and O–H groups in total. The van der Waals surface area contributed by atoms with Crippen LogP contribution in [0.25, 0.3) is 0 Å². The smallest absolute Gasteiger partial charge is 0.113 e. The summed E-state index contributed by atoms with van der Waals surface area (Å²) in [5.74, 6) is 0. The molecular formula is C11H18N2O2. The molecule has 0 aromatic carbocycles. The van der Waals surface area contributed by atoms with Gasteiger partial charge in [-0.1, -0.05) is 0 Å². The molecule has 1 saturated heterocycles. The predicted octanol–water partition coefficient (Wildman–Crippen LogP) is 1.20. The Morgan fingerprint density at radius 1 is 1.47 bits per heavy atom. The maximum Gasteiger partial charge on any atom is 0.113 e. The predicted molar refractivity (Wildman–Crippen MR) is 56.3 cm³/mol. The summed E-state index contributed by atoms with van der Waals surface area (Å²) in [4.78, 5) is 0. The lowest BCUT2D eigenvalue weighted by Crippen LogP contribution is -2.41. The zero-order chi connectivity index (χ0) is 11.1. The van der Waals surface area contributed by atoms with Gasteiger partial charge in [0.05, 0.1) is 17.9 Å². The molecule has 4 nitrogen and oxygen atoms in total. The highest BCUT2D eigenvalue weighted by Crippen LogP contribution is 2.36. The van der Waals surface area contributed by atoms with Crippen LogP contribution in [0.2, 0.25) is 0 Å². The van der Waals surface area contributed by atoms with Gasteiger partial charge in [-0.2, -0.15) is 5.10 Å². The molecule has 1 fully saturated rings. The Hall–Kier alpha value is -0.870. The van der Waals surface area contributed by atoms with E-state index in [4.69, 9.17) is 4.74 Å². The molecule has 0 spiro atoms. The molecule has 1 aliphatic rings. The van der Waals surface area contributed by atoms with Crippen molar-refractivity contribution in [2.24, 2.45) is 7.05 Å². The van der Waals surface area contributed by atoms with Crippen LogP contribution in [0.15, 0.2) is 12.3 Å². The van der Waals surface area contributed by atoms with Crippen LogP contribution < -0.4 is 0 Å². The summed E-state index contributed by atoms with van der Waals surface area (Å²) in [5, 5.41) is 14.8. The van der Waals surface area contributed by atoms with Crippen LogP contribution in [0, 0.1) is 0 Å². The Morgan fingerprint density at radius 3 is 2.53 bits per heavy atom. The molecule has 0 amide bonds. The van der Waals surface area contributed by atoms with Crippen molar-refractivity contribution in [2.45, 2.75) is 44.5 Å². The van der Waals surface area contributed by atoms with Gasteiger partial charge in [0.1, 0.15) is 5.60 Å². The van der Waals surface area contributed by atoms with E-state index in [9.17, 15) is 5.11 Å². The third-order valence-electron chi connectivity index (χ3n) is 2.91. The largest absolute Gasteiger partial charge is 0.383 e. The maximum atomic E-state index is 10.5. The summed E-state index contributed by atoms with van der Waals surface area (Å²) in [6, 6.07) is 1.88. The van der Waals surface area contributed by atoms with Crippen molar-refractivity contribution in [2.75, 3.05) is 0 Å². The lowest BCUT2D eigenvalue weighted by molar-refractivity contribution is -0.137. The summed E-state index contributed by atoms with van der Waals surface area (Å²) >= 11 is 0. The molecule has 2 heterocycles. The van der Waals surface area contributed by atoms with Gasteiger partial charge in [-0.25, -0.2) is 0 Å². The first-order valence-electron chi connectivity index (χ1n) is 5.37. The minimum Gasteiger partial charge on any atom is -0.383 e. The van der Waals surface area contributed by atoms with Crippen LogP contribution in [-0.2, 0) is 17.4 Å². The maximum absolute atomic E-state index is 10.5. The molecule has 4 heteroatoms. The molecule has 1 aromatic rings. The second kappa shape index (κ2) is 3.61. The second-order valence-electron chi connectivity index (χ2n) is 4.57. The van der Waals surface area contributed by atoms with Crippen molar-refractivity contribution < 1.29 is 9.84 Å². The van der Waals surface area contributed by atoms with Gasteiger partial charge in [-0.05, 0) is 19.9 Å². The van der Waals surface area contributed by atoms with Gasteiger partial charge >= 0.3 is 0 Å². The third-order valence-corrected chi connectivity index (χ3v) is 2.91. The topological polar surface area (TPSA) is 47.3 Å². The monoisotopic (exact) mass is 210 g/mol. The number of aromatic nitrogens is 2. The first-order chi connectivity index (χ1) is 6.99. The Bertz CT molecular complexity index is 338. The van der Waals surface area contributed by atoms with Gasteiger partial charge in [0.15, 0.2) is 0 Å². The van der Waals surface area contributed by atoms with E-state index in [1.54, 1.807) is 4.68 Å². The van der Waals surface area contributed by atoms with Crippen molar-refractivity contribution >= 4 is 0 Å². The van der Waals surface area contributed by atoms with E-state index in [-0.39, 0.29) is 12.2 Å². The van der Waals surface area contributed by atoms with Crippen molar-refractivity contribution in [3.8, 4) is 0 Å². The van der Waals surface area contributed by atoms with Crippen LogP contribution in [0.3, 0.4) is 0 Å². The van der Waals surface area contributed by atoms with E-state index >= 15 is 0 Å². The van der Waals surface area contributed by atoms with E-state index in [0.29, 0.717) is 12.8 Å². The quantitative estimate of drug-likeness (QED) is 0.757. The van der Waals surface area contributed by atoms with Gasteiger partial charge < -0.3 is 9.84 Å². The minimum atomic E-state index is -0.821. The fraction of sp³-hybridized carbons (Fsp3) is 0.727. The number of ether oxygens (including phenoxy) is 1. The fourth-order valence-corrected chi connectivity index (χ4v) is 2.40. The number of aryl methyl sites for hydroxylation is 1. The zero-order valence-corrected chi connectivity index (χ0v) is 9.47. The zero-order valence-electron chi connectivity index (χ0n) is 9.47. The van der Waals surface area contributed by atoms with Gasteiger partial charge in [0.2, 0.25) is 0 Å². The van der Waals surface area contributed by atoms with Gasteiger partial charge in [0.25, 0.3) is 0 Å². The summed E-state index contributed by atoms with van der Waals surface area (Å²) in [6.07, 6.45) is 3.27. The van der Waals surface area contributed by atoms with Crippen molar-refractivity contribution in [1.82, 2.24) is 9.78 Å². The minimum absolute atomic E-state index is 0.0840. The number of nitrogens with zero attached hydrogens (tertiary/aromatic N) is 2. The number of hydrogen-bond donors (Lipinski definition) is 1. The van der Waals surface area contributed by atoms with Crippen LogP contribution in [0.4, 0.5) is 0 Å². The first-order valence-corrected chi connectivity index (χ1v) is 5.37. The molecule has 0 saturated carbocycles. The molecule has 2 atom stereocenters. The normalized spacial score (nSPS) is 36.8. The van der Waals surface area contributed by atoms with Crippen molar-refractivity contribution in [1.29, 1.82) is 0 Å².